The second-order valence-corrected chi connectivity index (χ2v) is 4.22. The van der Waals surface area contributed by atoms with Crippen LogP contribution in [0.15, 0.2) is 42.6 Å². The Hall–Kier alpha value is -2.43. The average molecular weight is 259 g/mol. The van der Waals surface area contributed by atoms with Crippen LogP contribution in [-0.4, -0.2) is 22.8 Å². The summed E-state index contributed by atoms with van der Waals surface area (Å²) in [6, 6.07) is 9.54. The largest absolute Gasteiger partial charge is 0.384 e. The maximum atomic E-state index is 13.5. The van der Waals surface area contributed by atoms with Crippen molar-refractivity contribution >= 4 is 11.7 Å². The summed E-state index contributed by atoms with van der Waals surface area (Å²) in [6.45, 7) is 0.204. The molecule has 0 fully saturated rings. The van der Waals surface area contributed by atoms with E-state index in [4.69, 9.17) is 5.73 Å². The predicted molar refractivity (Wildman–Crippen MR) is 70.8 cm³/mol. The minimum Gasteiger partial charge on any atom is -0.384 e. The number of hydrogen-bond donors (Lipinski definition) is 1. The van der Waals surface area contributed by atoms with Crippen LogP contribution in [0.1, 0.15) is 15.9 Å². The number of aromatic nitrogens is 1. The molecule has 0 aliphatic carbocycles. The molecule has 0 bridgehead atoms. The van der Waals surface area contributed by atoms with Gasteiger partial charge in [-0.15, -0.1) is 0 Å². The Balaban J connectivity index is 2.12. The topological polar surface area (TPSA) is 59.2 Å². The molecule has 2 rings (SSSR count). The molecule has 0 spiro atoms. The van der Waals surface area contributed by atoms with Crippen molar-refractivity contribution in [2.45, 2.75) is 6.54 Å². The first-order chi connectivity index (χ1) is 9.08. The van der Waals surface area contributed by atoms with Crippen LogP contribution in [0.3, 0.4) is 0 Å². The van der Waals surface area contributed by atoms with Crippen molar-refractivity contribution in [2.24, 2.45) is 0 Å². The number of pyridine rings is 1. The highest BCUT2D eigenvalue weighted by Gasteiger charge is 2.13. The molecule has 0 saturated carbocycles. The van der Waals surface area contributed by atoms with Crippen LogP contribution in [0.25, 0.3) is 0 Å². The van der Waals surface area contributed by atoms with Gasteiger partial charge >= 0.3 is 0 Å². The maximum Gasteiger partial charge on any atom is 0.255 e. The summed E-state index contributed by atoms with van der Waals surface area (Å²) in [5.41, 5.74) is 6.36. The number of nitrogen functional groups attached to an aromatic ring is 1. The van der Waals surface area contributed by atoms with E-state index in [0.717, 1.165) is 0 Å². The first-order valence-electron chi connectivity index (χ1n) is 5.78. The van der Waals surface area contributed by atoms with Gasteiger partial charge in [-0.05, 0) is 18.2 Å². The second kappa shape index (κ2) is 5.48. The van der Waals surface area contributed by atoms with Crippen molar-refractivity contribution in [3.05, 3.63) is 59.5 Å². The normalized spacial score (nSPS) is 10.2. The Labute approximate surface area is 110 Å². The van der Waals surface area contributed by atoms with Gasteiger partial charge in [0.25, 0.3) is 5.91 Å². The number of anilines is 1. The molecule has 0 atom stereocenters. The van der Waals surface area contributed by atoms with E-state index in [2.05, 4.69) is 4.98 Å². The Morgan fingerprint density at radius 1 is 1.32 bits per heavy atom. The molecule has 2 aromatic rings. The second-order valence-electron chi connectivity index (χ2n) is 4.22. The summed E-state index contributed by atoms with van der Waals surface area (Å²) in [7, 11) is 1.62. The first kappa shape index (κ1) is 13.0. The molecule has 4 nitrogen and oxygen atoms in total. The Morgan fingerprint density at radius 2 is 2.05 bits per heavy atom. The zero-order valence-electron chi connectivity index (χ0n) is 10.5. The van der Waals surface area contributed by atoms with Crippen LogP contribution in [0.4, 0.5) is 10.2 Å². The fraction of sp³-hybridized carbons (Fsp3) is 0.143. The molecule has 0 unspecified atom stereocenters. The van der Waals surface area contributed by atoms with E-state index in [1.54, 1.807) is 37.4 Å². The van der Waals surface area contributed by atoms with Crippen molar-refractivity contribution in [3.63, 3.8) is 0 Å². The summed E-state index contributed by atoms with van der Waals surface area (Å²) in [6.07, 6.45) is 1.41. The Kier molecular flexibility index (Phi) is 3.75. The average Bonchev–Trinajstić information content (AvgIpc) is 2.41. The highest BCUT2D eigenvalue weighted by atomic mass is 19.1. The molecule has 0 radical (unpaired) electrons. The molecule has 2 N–H and O–H groups in total. The Bertz CT molecular complexity index is 583. The third-order valence-corrected chi connectivity index (χ3v) is 2.75. The lowest BCUT2D eigenvalue weighted by atomic mass is 10.2. The van der Waals surface area contributed by atoms with Gasteiger partial charge in [0.1, 0.15) is 11.6 Å². The van der Waals surface area contributed by atoms with Crippen molar-refractivity contribution in [1.82, 2.24) is 9.88 Å². The molecule has 0 saturated heterocycles. The number of carbonyl (C=O) groups excluding carboxylic acids is 1. The molecule has 0 aliphatic rings. The summed E-state index contributed by atoms with van der Waals surface area (Å²) in [5, 5.41) is 0. The Morgan fingerprint density at radius 3 is 2.68 bits per heavy atom. The first-order valence-corrected chi connectivity index (χ1v) is 5.78. The molecular weight excluding hydrogens is 245 g/mol. The van der Waals surface area contributed by atoms with Crippen LogP contribution < -0.4 is 5.73 Å². The van der Waals surface area contributed by atoms with E-state index in [1.807, 2.05) is 0 Å². The molecule has 98 valence electrons. The number of amides is 1. The highest BCUT2D eigenvalue weighted by molar-refractivity contribution is 5.93. The molecule has 0 aliphatic heterocycles. The number of carbonyl (C=O) groups is 1. The maximum absolute atomic E-state index is 13.5. The van der Waals surface area contributed by atoms with Crippen molar-refractivity contribution in [1.29, 1.82) is 0 Å². The van der Waals surface area contributed by atoms with E-state index in [1.165, 1.54) is 17.2 Å². The third-order valence-electron chi connectivity index (χ3n) is 2.75. The van der Waals surface area contributed by atoms with Gasteiger partial charge in [-0.1, -0.05) is 18.2 Å². The van der Waals surface area contributed by atoms with Gasteiger partial charge in [0, 0.05) is 25.4 Å². The van der Waals surface area contributed by atoms with Crippen molar-refractivity contribution < 1.29 is 9.18 Å². The minimum absolute atomic E-state index is 0.204. The van der Waals surface area contributed by atoms with Crippen LogP contribution >= 0.6 is 0 Å². The number of nitrogens with zero attached hydrogens (tertiary/aromatic N) is 2. The van der Waals surface area contributed by atoms with Crippen molar-refractivity contribution in [2.75, 3.05) is 12.8 Å². The summed E-state index contributed by atoms with van der Waals surface area (Å²) in [5.74, 6) is -0.193. The molecule has 1 aromatic heterocycles. The quantitative estimate of drug-likeness (QED) is 0.918. The van der Waals surface area contributed by atoms with Crippen LogP contribution in [0.2, 0.25) is 0 Å². The fourth-order valence-corrected chi connectivity index (χ4v) is 1.71. The van der Waals surface area contributed by atoms with E-state index in [9.17, 15) is 9.18 Å². The van der Waals surface area contributed by atoms with Gasteiger partial charge in [-0.2, -0.15) is 0 Å². The van der Waals surface area contributed by atoms with Crippen molar-refractivity contribution in [3.8, 4) is 0 Å². The summed E-state index contributed by atoms with van der Waals surface area (Å²) in [4.78, 5) is 17.4. The van der Waals surface area contributed by atoms with Gasteiger partial charge in [-0.25, -0.2) is 9.37 Å². The van der Waals surface area contributed by atoms with Crippen LogP contribution in [-0.2, 0) is 6.54 Å². The number of rotatable bonds is 3. The molecule has 1 heterocycles. The molecule has 1 aromatic carbocycles. The predicted octanol–water partition coefficient (Wildman–Crippen LogP) is 2.08. The smallest absolute Gasteiger partial charge is 0.255 e. The van der Waals surface area contributed by atoms with Gasteiger partial charge < -0.3 is 10.6 Å². The molecule has 5 heteroatoms. The monoisotopic (exact) mass is 259 g/mol. The lowest BCUT2D eigenvalue weighted by Crippen LogP contribution is -2.26. The number of benzene rings is 1. The lowest BCUT2D eigenvalue weighted by Gasteiger charge is -2.17. The number of nitrogens with two attached hydrogens (primary N) is 1. The molecule has 1 amide bonds. The van der Waals surface area contributed by atoms with E-state index in [-0.39, 0.29) is 18.3 Å². The number of halogens is 1. The lowest BCUT2D eigenvalue weighted by molar-refractivity contribution is 0.0783. The zero-order valence-corrected chi connectivity index (χ0v) is 10.5. The highest BCUT2D eigenvalue weighted by Crippen LogP contribution is 2.11. The molecular formula is C14H14FN3O. The van der Waals surface area contributed by atoms with Gasteiger partial charge in [-0.3, -0.25) is 4.79 Å². The van der Waals surface area contributed by atoms with E-state index in [0.29, 0.717) is 16.9 Å². The molecule has 19 heavy (non-hydrogen) atoms. The zero-order chi connectivity index (χ0) is 13.8. The van der Waals surface area contributed by atoms with E-state index >= 15 is 0 Å². The SMILES string of the molecule is CN(Cc1ccccc1F)C(=O)c1ccc(N)nc1. The van der Waals surface area contributed by atoms with Gasteiger partial charge in [0.05, 0.1) is 5.56 Å². The van der Waals surface area contributed by atoms with E-state index < -0.39 is 0 Å². The number of hydrogen-bond acceptors (Lipinski definition) is 3. The van der Waals surface area contributed by atoms with Gasteiger partial charge in [0.15, 0.2) is 0 Å². The van der Waals surface area contributed by atoms with Gasteiger partial charge in [0.2, 0.25) is 0 Å². The van der Waals surface area contributed by atoms with Crippen LogP contribution in [0, 0.1) is 5.82 Å². The fourth-order valence-electron chi connectivity index (χ4n) is 1.71. The standard InChI is InChI=1S/C14H14FN3O/c1-18(9-11-4-2-3-5-12(11)15)14(19)10-6-7-13(16)17-8-10/h2-8H,9H2,1H3,(H2,16,17). The van der Waals surface area contributed by atoms with Crippen LogP contribution in [0.5, 0.6) is 0 Å². The third kappa shape index (κ3) is 3.07. The minimum atomic E-state index is -0.322. The summed E-state index contributed by atoms with van der Waals surface area (Å²) < 4.78 is 13.5. The summed E-state index contributed by atoms with van der Waals surface area (Å²) >= 11 is 0.